The van der Waals surface area contributed by atoms with Crippen LogP contribution in [0.1, 0.15) is 23.6 Å². The van der Waals surface area contributed by atoms with Crippen molar-refractivity contribution < 1.29 is 19.0 Å². The van der Waals surface area contributed by atoms with Gasteiger partial charge in [-0.1, -0.05) is 0 Å². The van der Waals surface area contributed by atoms with Crippen LogP contribution in [0, 0.1) is 0 Å². The average molecular weight is 354 g/mol. The van der Waals surface area contributed by atoms with E-state index in [1.807, 2.05) is 36.4 Å². The Bertz CT molecular complexity index is 845. The van der Waals surface area contributed by atoms with Gasteiger partial charge in [0.1, 0.15) is 17.2 Å². The second-order valence-electron chi connectivity index (χ2n) is 6.62. The van der Waals surface area contributed by atoms with Gasteiger partial charge in [-0.15, -0.1) is 0 Å². The van der Waals surface area contributed by atoms with Gasteiger partial charge in [-0.2, -0.15) is 0 Å². The van der Waals surface area contributed by atoms with E-state index in [9.17, 15) is 4.79 Å². The molecule has 0 aliphatic carbocycles. The number of benzene rings is 2. The van der Waals surface area contributed by atoms with Crippen LogP contribution in [0.4, 0.5) is 5.69 Å². The first-order valence-corrected chi connectivity index (χ1v) is 8.58. The van der Waals surface area contributed by atoms with Crippen molar-refractivity contribution in [1.29, 1.82) is 0 Å². The van der Waals surface area contributed by atoms with Crippen molar-refractivity contribution in [2.75, 3.05) is 33.2 Å². The molecule has 1 amide bonds. The molecule has 4 rings (SSSR count). The number of rotatable bonds is 4. The van der Waals surface area contributed by atoms with Crippen molar-refractivity contribution >= 4 is 11.6 Å². The molecule has 0 bridgehead atoms. The highest BCUT2D eigenvalue weighted by Crippen LogP contribution is 2.52. The van der Waals surface area contributed by atoms with Gasteiger partial charge in [0.05, 0.1) is 32.8 Å². The summed E-state index contributed by atoms with van der Waals surface area (Å²) in [6, 6.07) is 11.3. The van der Waals surface area contributed by atoms with Gasteiger partial charge in [-0.05, 0) is 54.4 Å². The third kappa shape index (κ3) is 2.33. The fraction of sp³-hybridized carbons (Fsp3) is 0.350. The third-order valence-corrected chi connectivity index (χ3v) is 5.43. The first-order valence-electron chi connectivity index (χ1n) is 8.58. The highest BCUT2D eigenvalue weighted by Gasteiger charge is 2.55. The number of fused-ring (bicyclic) bond motifs is 2. The first-order chi connectivity index (χ1) is 12.6. The number of nitrogens with one attached hydrogen (secondary N) is 2. The minimum absolute atomic E-state index is 0.0116. The van der Waals surface area contributed by atoms with Crippen LogP contribution in [0.15, 0.2) is 36.4 Å². The number of methoxy groups -OCH3 is 3. The second kappa shape index (κ2) is 6.21. The lowest BCUT2D eigenvalue weighted by molar-refractivity contribution is -0.121. The van der Waals surface area contributed by atoms with Gasteiger partial charge in [-0.3, -0.25) is 4.79 Å². The Morgan fingerprint density at radius 2 is 1.65 bits per heavy atom. The van der Waals surface area contributed by atoms with Gasteiger partial charge in [-0.25, -0.2) is 0 Å². The second-order valence-corrected chi connectivity index (χ2v) is 6.62. The minimum Gasteiger partial charge on any atom is -0.497 e. The molecule has 2 aromatic rings. The monoisotopic (exact) mass is 354 g/mol. The Balaban J connectivity index is 1.86. The van der Waals surface area contributed by atoms with Crippen LogP contribution in [-0.4, -0.2) is 33.8 Å². The number of anilines is 1. The Morgan fingerprint density at radius 3 is 2.31 bits per heavy atom. The molecule has 2 N–H and O–H groups in total. The molecule has 1 spiro atoms. The fourth-order valence-corrected chi connectivity index (χ4v) is 4.15. The Labute approximate surface area is 152 Å². The minimum atomic E-state index is -0.679. The SMILES string of the molecule is COc1cc(OC)cc([C@@H]2NCC[C@@]23C(=O)Nc2ccc(OC)cc23)c1. The van der Waals surface area contributed by atoms with Gasteiger partial charge in [0, 0.05) is 11.8 Å². The molecule has 2 atom stereocenters. The molecule has 2 aliphatic heterocycles. The highest BCUT2D eigenvalue weighted by atomic mass is 16.5. The quantitative estimate of drug-likeness (QED) is 0.883. The van der Waals surface area contributed by atoms with Crippen LogP contribution in [0.3, 0.4) is 0 Å². The summed E-state index contributed by atoms with van der Waals surface area (Å²) < 4.78 is 16.2. The summed E-state index contributed by atoms with van der Waals surface area (Å²) >= 11 is 0. The van der Waals surface area contributed by atoms with E-state index in [0.29, 0.717) is 17.9 Å². The summed E-state index contributed by atoms with van der Waals surface area (Å²) in [7, 11) is 4.88. The van der Waals surface area contributed by atoms with E-state index in [1.54, 1.807) is 21.3 Å². The van der Waals surface area contributed by atoms with E-state index in [2.05, 4.69) is 10.6 Å². The van der Waals surface area contributed by atoms with E-state index in [4.69, 9.17) is 14.2 Å². The van der Waals surface area contributed by atoms with E-state index >= 15 is 0 Å². The zero-order chi connectivity index (χ0) is 18.3. The summed E-state index contributed by atoms with van der Waals surface area (Å²) in [5.74, 6) is 2.16. The summed E-state index contributed by atoms with van der Waals surface area (Å²) in [4.78, 5) is 13.1. The molecule has 136 valence electrons. The van der Waals surface area contributed by atoms with E-state index < -0.39 is 5.41 Å². The van der Waals surface area contributed by atoms with Gasteiger partial charge in [0.2, 0.25) is 5.91 Å². The number of amides is 1. The molecule has 2 heterocycles. The number of hydrogen-bond acceptors (Lipinski definition) is 5. The van der Waals surface area contributed by atoms with Crippen LogP contribution in [0.5, 0.6) is 17.2 Å². The summed E-state index contributed by atoms with van der Waals surface area (Å²) in [5.41, 5.74) is 2.10. The Kier molecular flexibility index (Phi) is 4.00. The summed E-state index contributed by atoms with van der Waals surface area (Å²) in [6.45, 7) is 0.744. The zero-order valence-electron chi connectivity index (χ0n) is 15.1. The van der Waals surface area contributed by atoms with Crippen molar-refractivity contribution in [2.45, 2.75) is 17.9 Å². The summed E-state index contributed by atoms with van der Waals surface area (Å²) in [5, 5.41) is 6.55. The van der Waals surface area contributed by atoms with Crippen molar-refractivity contribution in [3.63, 3.8) is 0 Å². The molecule has 0 saturated carbocycles. The van der Waals surface area contributed by atoms with Gasteiger partial charge >= 0.3 is 0 Å². The normalized spacial score (nSPS) is 23.7. The zero-order valence-corrected chi connectivity index (χ0v) is 15.1. The van der Waals surface area contributed by atoms with E-state index in [-0.39, 0.29) is 11.9 Å². The van der Waals surface area contributed by atoms with Crippen molar-refractivity contribution in [1.82, 2.24) is 5.32 Å². The van der Waals surface area contributed by atoms with Crippen LogP contribution in [0.2, 0.25) is 0 Å². The largest absolute Gasteiger partial charge is 0.497 e. The standard InChI is InChI=1S/C20H22N2O4/c1-24-13-4-5-17-16(11-13)20(19(23)22-17)6-7-21-18(20)12-8-14(25-2)10-15(9-12)26-3/h4-5,8-11,18,21H,6-7H2,1-3H3,(H,22,23)/t18-,20-/m0/s1. The molecular formula is C20H22N2O4. The van der Waals surface area contributed by atoms with Gasteiger partial charge < -0.3 is 24.8 Å². The number of carbonyl (C=O) groups is 1. The predicted octanol–water partition coefficient (Wildman–Crippen LogP) is 2.64. The van der Waals surface area contributed by atoms with Crippen molar-refractivity contribution in [2.24, 2.45) is 0 Å². The summed E-state index contributed by atoms with van der Waals surface area (Å²) in [6.07, 6.45) is 0.712. The van der Waals surface area contributed by atoms with Crippen LogP contribution in [-0.2, 0) is 10.2 Å². The predicted molar refractivity (Wildman–Crippen MR) is 98.2 cm³/mol. The molecule has 6 heteroatoms. The molecule has 0 aromatic heterocycles. The molecule has 0 unspecified atom stereocenters. The number of ether oxygens (including phenoxy) is 3. The van der Waals surface area contributed by atoms with Crippen molar-refractivity contribution in [3.05, 3.63) is 47.5 Å². The fourth-order valence-electron chi connectivity index (χ4n) is 4.15. The Morgan fingerprint density at radius 1 is 0.962 bits per heavy atom. The van der Waals surface area contributed by atoms with E-state index in [1.165, 1.54) is 0 Å². The topological polar surface area (TPSA) is 68.8 Å². The lowest BCUT2D eigenvalue weighted by Crippen LogP contribution is -2.39. The highest BCUT2D eigenvalue weighted by molar-refractivity contribution is 6.07. The number of hydrogen-bond donors (Lipinski definition) is 2. The van der Waals surface area contributed by atoms with Crippen LogP contribution < -0.4 is 24.8 Å². The van der Waals surface area contributed by atoms with Crippen molar-refractivity contribution in [3.8, 4) is 17.2 Å². The maximum Gasteiger partial charge on any atom is 0.237 e. The molecule has 2 aromatic carbocycles. The molecule has 26 heavy (non-hydrogen) atoms. The first kappa shape index (κ1) is 16.7. The maximum absolute atomic E-state index is 13.1. The molecule has 1 fully saturated rings. The van der Waals surface area contributed by atoms with Gasteiger partial charge in [0.25, 0.3) is 0 Å². The van der Waals surface area contributed by atoms with Crippen LogP contribution >= 0.6 is 0 Å². The average Bonchev–Trinajstić information content (AvgIpc) is 3.24. The third-order valence-electron chi connectivity index (χ3n) is 5.43. The maximum atomic E-state index is 13.1. The molecule has 0 radical (unpaired) electrons. The van der Waals surface area contributed by atoms with Crippen LogP contribution in [0.25, 0.3) is 0 Å². The smallest absolute Gasteiger partial charge is 0.237 e. The van der Waals surface area contributed by atoms with E-state index in [0.717, 1.165) is 29.1 Å². The molecule has 1 saturated heterocycles. The molecule has 2 aliphatic rings. The van der Waals surface area contributed by atoms with Gasteiger partial charge in [0.15, 0.2) is 0 Å². The number of carbonyl (C=O) groups excluding carboxylic acids is 1. The lowest BCUT2D eigenvalue weighted by Gasteiger charge is -2.30. The molecule has 6 nitrogen and oxygen atoms in total. The lowest BCUT2D eigenvalue weighted by atomic mass is 9.72. The Hall–Kier alpha value is -2.73. The molecular weight excluding hydrogens is 332 g/mol.